The molecule has 3 rings (SSSR count). The zero-order valence-corrected chi connectivity index (χ0v) is 18.5. The van der Waals surface area contributed by atoms with Crippen molar-refractivity contribution in [3.63, 3.8) is 0 Å². The third kappa shape index (κ3) is 5.47. The zero-order valence-electron chi connectivity index (χ0n) is 17.7. The third-order valence-electron chi connectivity index (χ3n) is 5.05. The molecule has 2 aromatic rings. The molecule has 1 saturated heterocycles. The topological polar surface area (TPSA) is 90.0 Å². The molecule has 0 bridgehead atoms. The molecule has 0 radical (unpaired) electrons. The molecule has 8 nitrogen and oxygen atoms in total. The van der Waals surface area contributed by atoms with Gasteiger partial charge in [0.15, 0.2) is 11.6 Å². The summed E-state index contributed by atoms with van der Waals surface area (Å²) in [6.07, 6.45) is 0. The average molecular weight is 467 g/mol. The standard InChI is InChI=1S/C21H24F2N4O4S/c1-25(2)21(29)15-3-5-16(6-4-15)24-20(28)14-26-9-11-27(12-10-26)32(30,31)17-7-8-18(22)19(23)13-17/h3-8,13H,9-12,14H2,1-2H3,(H,24,28). The van der Waals surface area contributed by atoms with Gasteiger partial charge in [-0.05, 0) is 42.5 Å². The van der Waals surface area contributed by atoms with Crippen LogP contribution >= 0.6 is 0 Å². The highest BCUT2D eigenvalue weighted by atomic mass is 32.2. The summed E-state index contributed by atoms with van der Waals surface area (Å²) in [5.41, 5.74) is 1.05. The van der Waals surface area contributed by atoms with Crippen LogP contribution in [0.2, 0.25) is 0 Å². The first-order chi connectivity index (χ1) is 15.1. The Labute approximate surface area is 185 Å². The number of anilines is 1. The van der Waals surface area contributed by atoms with Crippen LogP contribution in [0.25, 0.3) is 0 Å². The van der Waals surface area contributed by atoms with E-state index in [-0.39, 0.29) is 36.3 Å². The summed E-state index contributed by atoms with van der Waals surface area (Å²) < 4.78 is 53.0. The molecular weight excluding hydrogens is 442 g/mol. The smallest absolute Gasteiger partial charge is 0.253 e. The van der Waals surface area contributed by atoms with Gasteiger partial charge < -0.3 is 10.2 Å². The maximum atomic E-state index is 13.4. The van der Waals surface area contributed by atoms with Crippen molar-refractivity contribution >= 4 is 27.5 Å². The van der Waals surface area contributed by atoms with Gasteiger partial charge in [-0.25, -0.2) is 17.2 Å². The molecule has 1 heterocycles. The third-order valence-corrected chi connectivity index (χ3v) is 6.94. The van der Waals surface area contributed by atoms with Crippen LogP contribution in [0.4, 0.5) is 14.5 Å². The molecule has 0 spiro atoms. The maximum absolute atomic E-state index is 13.4. The molecule has 1 aliphatic heterocycles. The van der Waals surface area contributed by atoms with Crippen molar-refractivity contribution in [3.8, 4) is 0 Å². The highest BCUT2D eigenvalue weighted by Gasteiger charge is 2.29. The fourth-order valence-corrected chi connectivity index (χ4v) is 4.71. The van der Waals surface area contributed by atoms with Crippen LogP contribution in [0.15, 0.2) is 47.4 Å². The van der Waals surface area contributed by atoms with E-state index in [0.29, 0.717) is 30.4 Å². The van der Waals surface area contributed by atoms with Gasteiger partial charge in [0.2, 0.25) is 15.9 Å². The highest BCUT2D eigenvalue weighted by Crippen LogP contribution is 2.20. The van der Waals surface area contributed by atoms with Crippen LogP contribution in [0.1, 0.15) is 10.4 Å². The van der Waals surface area contributed by atoms with Crippen molar-refractivity contribution in [3.05, 3.63) is 59.7 Å². The first-order valence-electron chi connectivity index (χ1n) is 9.87. The maximum Gasteiger partial charge on any atom is 0.253 e. The lowest BCUT2D eigenvalue weighted by Crippen LogP contribution is -2.50. The molecule has 0 unspecified atom stereocenters. The fraction of sp³-hybridized carbons (Fsp3) is 0.333. The number of nitrogens with zero attached hydrogens (tertiary/aromatic N) is 3. The van der Waals surface area contributed by atoms with E-state index >= 15 is 0 Å². The molecule has 0 aliphatic carbocycles. The second-order valence-electron chi connectivity index (χ2n) is 7.58. The van der Waals surface area contributed by atoms with Gasteiger partial charge in [-0.15, -0.1) is 0 Å². The number of hydrogen-bond donors (Lipinski definition) is 1. The van der Waals surface area contributed by atoms with Crippen LogP contribution in [0.5, 0.6) is 0 Å². The van der Waals surface area contributed by atoms with Crippen molar-refractivity contribution in [2.24, 2.45) is 0 Å². The molecule has 32 heavy (non-hydrogen) atoms. The van der Waals surface area contributed by atoms with Gasteiger partial charge in [-0.1, -0.05) is 0 Å². The predicted octanol–water partition coefficient (Wildman–Crippen LogP) is 1.61. The minimum atomic E-state index is -3.95. The first-order valence-corrected chi connectivity index (χ1v) is 11.3. The van der Waals surface area contributed by atoms with Gasteiger partial charge in [-0.2, -0.15) is 4.31 Å². The van der Waals surface area contributed by atoms with E-state index in [9.17, 15) is 26.8 Å². The number of amides is 2. The Kier molecular flexibility index (Phi) is 7.22. The van der Waals surface area contributed by atoms with Gasteiger partial charge in [-0.3, -0.25) is 14.5 Å². The number of rotatable bonds is 6. The van der Waals surface area contributed by atoms with Crippen molar-refractivity contribution < 1.29 is 26.8 Å². The summed E-state index contributed by atoms with van der Waals surface area (Å²) in [6.45, 7) is 0.933. The first kappa shape index (κ1) is 23.8. The number of carbonyl (C=O) groups excluding carboxylic acids is 2. The van der Waals surface area contributed by atoms with Crippen molar-refractivity contribution in [2.75, 3.05) is 52.1 Å². The molecule has 0 atom stereocenters. The molecule has 172 valence electrons. The lowest BCUT2D eigenvalue weighted by molar-refractivity contribution is -0.117. The van der Waals surface area contributed by atoms with Crippen molar-refractivity contribution in [2.45, 2.75) is 4.90 Å². The Bertz CT molecular complexity index is 1100. The Morgan fingerprint density at radius 1 is 0.969 bits per heavy atom. The Hall–Kier alpha value is -2.89. The van der Waals surface area contributed by atoms with Crippen molar-refractivity contribution in [1.29, 1.82) is 0 Å². The second-order valence-corrected chi connectivity index (χ2v) is 9.52. The molecule has 11 heteroatoms. The number of nitrogens with one attached hydrogen (secondary N) is 1. The van der Waals surface area contributed by atoms with E-state index in [1.54, 1.807) is 43.3 Å². The zero-order chi connectivity index (χ0) is 23.5. The lowest BCUT2D eigenvalue weighted by Gasteiger charge is -2.33. The number of halogens is 2. The summed E-state index contributed by atoms with van der Waals surface area (Å²) in [5.74, 6) is -2.74. The number of piperazine rings is 1. The Morgan fingerprint density at radius 3 is 2.16 bits per heavy atom. The van der Waals surface area contributed by atoms with Crippen LogP contribution in [-0.4, -0.2) is 81.2 Å². The van der Waals surface area contributed by atoms with Crippen LogP contribution in [-0.2, 0) is 14.8 Å². The minimum Gasteiger partial charge on any atom is -0.345 e. The SMILES string of the molecule is CN(C)C(=O)c1ccc(NC(=O)CN2CCN(S(=O)(=O)c3ccc(F)c(F)c3)CC2)cc1. The van der Waals surface area contributed by atoms with E-state index in [1.807, 2.05) is 0 Å². The molecule has 0 saturated carbocycles. The van der Waals surface area contributed by atoms with Gasteiger partial charge in [0.05, 0.1) is 11.4 Å². The molecule has 1 aliphatic rings. The molecule has 2 aromatic carbocycles. The number of benzene rings is 2. The number of hydrogen-bond acceptors (Lipinski definition) is 5. The molecule has 1 fully saturated rings. The number of carbonyl (C=O) groups is 2. The van der Waals surface area contributed by atoms with Crippen LogP contribution in [0, 0.1) is 11.6 Å². The minimum absolute atomic E-state index is 0.0669. The summed E-state index contributed by atoms with van der Waals surface area (Å²) in [7, 11) is -0.643. The Balaban J connectivity index is 1.52. The van der Waals surface area contributed by atoms with E-state index in [2.05, 4.69) is 5.32 Å². The summed E-state index contributed by atoms with van der Waals surface area (Å²) in [5, 5.41) is 2.75. The number of sulfonamides is 1. The Morgan fingerprint density at radius 2 is 1.59 bits per heavy atom. The summed E-state index contributed by atoms with van der Waals surface area (Å²) in [6, 6.07) is 9.01. The van der Waals surface area contributed by atoms with E-state index in [4.69, 9.17) is 0 Å². The van der Waals surface area contributed by atoms with Gasteiger partial charge in [0.25, 0.3) is 5.91 Å². The molecule has 0 aromatic heterocycles. The molecular formula is C21H24F2N4O4S. The molecule has 2 amide bonds. The van der Waals surface area contributed by atoms with Crippen LogP contribution in [0.3, 0.4) is 0 Å². The molecule has 1 N–H and O–H groups in total. The van der Waals surface area contributed by atoms with E-state index < -0.39 is 21.7 Å². The second kappa shape index (κ2) is 9.72. The van der Waals surface area contributed by atoms with Gasteiger partial charge >= 0.3 is 0 Å². The largest absolute Gasteiger partial charge is 0.345 e. The lowest BCUT2D eigenvalue weighted by atomic mass is 10.2. The van der Waals surface area contributed by atoms with E-state index in [0.717, 1.165) is 12.1 Å². The highest BCUT2D eigenvalue weighted by molar-refractivity contribution is 7.89. The summed E-state index contributed by atoms with van der Waals surface area (Å²) >= 11 is 0. The van der Waals surface area contributed by atoms with Crippen LogP contribution < -0.4 is 5.32 Å². The van der Waals surface area contributed by atoms with Gasteiger partial charge in [0, 0.05) is 51.5 Å². The van der Waals surface area contributed by atoms with E-state index in [1.165, 1.54) is 9.21 Å². The van der Waals surface area contributed by atoms with Gasteiger partial charge in [0.1, 0.15) is 0 Å². The predicted molar refractivity (Wildman–Crippen MR) is 115 cm³/mol. The average Bonchev–Trinajstić information content (AvgIpc) is 2.76. The summed E-state index contributed by atoms with van der Waals surface area (Å²) in [4.78, 5) is 27.2. The quantitative estimate of drug-likeness (QED) is 0.699. The fourth-order valence-electron chi connectivity index (χ4n) is 3.27. The monoisotopic (exact) mass is 466 g/mol. The van der Waals surface area contributed by atoms with Crippen molar-refractivity contribution in [1.82, 2.24) is 14.1 Å². The normalized spacial score (nSPS) is 15.4.